The molecule has 0 fully saturated rings. The van der Waals surface area contributed by atoms with Gasteiger partial charge in [-0.05, 0) is 162 Å². The van der Waals surface area contributed by atoms with Gasteiger partial charge in [-0.3, -0.25) is 0 Å². The molecule has 0 aliphatic heterocycles. The number of hydrogen-bond acceptors (Lipinski definition) is 2. The molecule has 2 nitrogen and oxygen atoms in total. The van der Waals surface area contributed by atoms with E-state index < -0.39 is 0 Å². The van der Waals surface area contributed by atoms with Crippen molar-refractivity contribution in [2.75, 3.05) is 9.80 Å². The number of nitrogens with zero attached hydrogens (tertiary/aromatic N) is 2. The lowest BCUT2D eigenvalue weighted by molar-refractivity contribution is 0.307. The van der Waals surface area contributed by atoms with E-state index in [4.69, 9.17) is 0 Å². The largest absolute Gasteiger partial charge is 0.310 e. The van der Waals surface area contributed by atoms with Gasteiger partial charge in [0.2, 0.25) is 0 Å². The number of unbranched alkanes of at least 4 members (excludes halogenated alkanes) is 29. The zero-order valence-electron chi connectivity index (χ0n) is 65.2. The average molecular weight is 1370 g/mol. The monoisotopic (exact) mass is 1370 g/mol. The lowest BCUT2D eigenvalue weighted by atomic mass is 9.70. The normalized spacial score (nSPS) is 17.3. The maximum absolute atomic E-state index is 2.82. The Labute approximate surface area is 623 Å². The summed E-state index contributed by atoms with van der Waals surface area (Å²) in [4.78, 5) is 5.45. The quantitative estimate of drug-likeness (QED) is 0.0351. The van der Waals surface area contributed by atoms with E-state index in [1.807, 2.05) is 0 Å². The predicted octanol–water partition coefficient (Wildman–Crippen LogP) is 31.9. The van der Waals surface area contributed by atoms with Gasteiger partial charge in [0, 0.05) is 50.6 Å². The number of hydrogen-bond donors (Lipinski definition) is 0. The minimum atomic E-state index is 0.00105. The summed E-state index contributed by atoms with van der Waals surface area (Å²) in [7, 11) is 0. The number of benzene rings is 7. The molecule has 546 valence electrons. The SMILES string of the molecule is CCCCCCCCC1c2cc(N(c3ccccc3)c3cccc4c3-c3ccccc3C4(CCCCCCCC)CCCCCCCC)ccc2C2C=CC(N(c3ccccc3)c3cccc4c3-c3ccccc3C4(CCCCCCCC)CCCCCCCC)=CC2CC1CCCCCCC. The molecular weight excluding hydrogens is 1230 g/mol. The lowest BCUT2D eigenvalue weighted by Crippen LogP contribution is -2.26. The predicted molar refractivity (Wildman–Crippen MR) is 446 cm³/mol. The summed E-state index contributed by atoms with van der Waals surface area (Å²) < 4.78 is 0. The van der Waals surface area contributed by atoms with Gasteiger partial charge in [-0.25, -0.2) is 0 Å². The van der Waals surface area contributed by atoms with Gasteiger partial charge in [-0.2, -0.15) is 0 Å². The summed E-state index contributed by atoms with van der Waals surface area (Å²) in [5, 5.41) is 0. The van der Waals surface area contributed by atoms with Crippen molar-refractivity contribution >= 4 is 28.4 Å². The third-order valence-corrected chi connectivity index (χ3v) is 25.2. The Morgan fingerprint density at radius 3 is 1.17 bits per heavy atom. The van der Waals surface area contributed by atoms with E-state index in [2.05, 4.69) is 233 Å². The Morgan fingerprint density at radius 2 is 0.706 bits per heavy atom. The van der Waals surface area contributed by atoms with Gasteiger partial charge in [-0.1, -0.05) is 394 Å². The molecule has 7 aromatic carbocycles. The minimum Gasteiger partial charge on any atom is -0.310 e. The second-order valence-electron chi connectivity index (χ2n) is 32.4. The highest BCUT2D eigenvalue weighted by molar-refractivity contribution is 5.96. The van der Waals surface area contributed by atoms with E-state index in [0.29, 0.717) is 17.8 Å². The molecule has 0 spiro atoms. The highest BCUT2D eigenvalue weighted by Crippen LogP contribution is 2.61. The lowest BCUT2D eigenvalue weighted by Gasteiger charge is -2.35. The number of anilines is 5. The Balaban J connectivity index is 1.03. The van der Waals surface area contributed by atoms with E-state index >= 15 is 0 Å². The average Bonchev–Trinajstić information content (AvgIpc) is 1.56. The summed E-state index contributed by atoms with van der Waals surface area (Å²) in [6.45, 7) is 14.2. The van der Waals surface area contributed by atoms with Crippen LogP contribution in [0.2, 0.25) is 0 Å². The molecule has 0 radical (unpaired) electrons. The zero-order valence-corrected chi connectivity index (χ0v) is 65.2. The molecular formula is C100H136N2. The minimum absolute atomic E-state index is 0.00105. The summed E-state index contributed by atoms with van der Waals surface area (Å²) in [5.41, 5.74) is 23.3. The van der Waals surface area contributed by atoms with Crippen LogP contribution in [0.4, 0.5) is 28.4 Å². The molecule has 0 saturated carbocycles. The molecule has 4 unspecified atom stereocenters. The van der Waals surface area contributed by atoms with Gasteiger partial charge in [0.25, 0.3) is 0 Å². The fourth-order valence-corrected chi connectivity index (χ4v) is 19.9. The van der Waals surface area contributed by atoms with E-state index in [1.54, 1.807) is 33.4 Å². The molecule has 0 aromatic heterocycles. The fourth-order valence-electron chi connectivity index (χ4n) is 19.9. The van der Waals surface area contributed by atoms with E-state index in [0.717, 1.165) is 0 Å². The van der Waals surface area contributed by atoms with Crippen LogP contribution < -0.4 is 9.80 Å². The third kappa shape index (κ3) is 18.5. The van der Waals surface area contributed by atoms with Crippen molar-refractivity contribution in [3.8, 4) is 22.3 Å². The molecule has 4 atom stereocenters. The molecule has 4 aliphatic carbocycles. The van der Waals surface area contributed by atoms with Crippen LogP contribution >= 0.6 is 0 Å². The van der Waals surface area contributed by atoms with Crippen molar-refractivity contribution in [2.45, 2.75) is 334 Å². The van der Waals surface area contributed by atoms with Crippen LogP contribution in [0.1, 0.15) is 356 Å². The van der Waals surface area contributed by atoms with Crippen molar-refractivity contribution < 1.29 is 0 Å². The number of allylic oxidation sites excluding steroid dienone is 3. The first-order valence-electron chi connectivity index (χ1n) is 43.2. The van der Waals surface area contributed by atoms with Crippen LogP contribution in [0.5, 0.6) is 0 Å². The molecule has 7 aromatic rings. The molecule has 0 saturated heterocycles. The van der Waals surface area contributed by atoms with E-state index in [1.165, 1.54) is 326 Å². The Bertz CT molecular complexity index is 3630. The molecule has 11 rings (SSSR count). The van der Waals surface area contributed by atoms with Crippen LogP contribution in [0.25, 0.3) is 22.3 Å². The highest BCUT2D eigenvalue weighted by atomic mass is 15.2. The van der Waals surface area contributed by atoms with Crippen LogP contribution in [-0.2, 0) is 10.8 Å². The van der Waals surface area contributed by atoms with Crippen molar-refractivity contribution in [3.05, 3.63) is 221 Å². The maximum Gasteiger partial charge on any atom is 0.0543 e. The first kappa shape index (κ1) is 76.7. The zero-order chi connectivity index (χ0) is 70.6. The van der Waals surface area contributed by atoms with Crippen molar-refractivity contribution in [3.63, 3.8) is 0 Å². The van der Waals surface area contributed by atoms with Gasteiger partial charge in [0.1, 0.15) is 0 Å². The second-order valence-corrected chi connectivity index (χ2v) is 32.4. The van der Waals surface area contributed by atoms with Gasteiger partial charge >= 0.3 is 0 Å². The molecule has 0 bridgehead atoms. The van der Waals surface area contributed by atoms with Crippen LogP contribution in [0.15, 0.2) is 188 Å². The molecule has 102 heavy (non-hydrogen) atoms. The van der Waals surface area contributed by atoms with Crippen LogP contribution in [0.3, 0.4) is 0 Å². The van der Waals surface area contributed by atoms with Gasteiger partial charge in [0.05, 0.1) is 11.4 Å². The highest BCUT2D eigenvalue weighted by Gasteiger charge is 2.46. The van der Waals surface area contributed by atoms with Crippen LogP contribution in [0, 0.1) is 11.8 Å². The fraction of sp³-hybridized carbons (Fsp3) is 0.540. The Kier molecular flexibility index (Phi) is 30.2. The Morgan fingerprint density at radius 1 is 0.324 bits per heavy atom. The van der Waals surface area contributed by atoms with E-state index in [-0.39, 0.29) is 16.7 Å². The van der Waals surface area contributed by atoms with Crippen molar-refractivity contribution in [1.82, 2.24) is 0 Å². The molecule has 4 aliphatic rings. The van der Waals surface area contributed by atoms with Gasteiger partial charge in [0.15, 0.2) is 0 Å². The number of fused-ring (bicyclic) bond motifs is 9. The van der Waals surface area contributed by atoms with Crippen molar-refractivity contribution in [2.24, 2.45) is 11.8 Å². The first-order valence-corrected chi connectivity index (χ1v) is 43.2. The standard InChI is InChI=1S/C100H136N2/c1-7-13-19-25-31-43-59-85-79(54-38-30-24-18-12-6)76-80-77-83(101(81-55-39-36-40-56-81)95-66-52-64-93-97(95)88-60-44-46-62-91(88)99(93,72-48-32-26-20-14-8-2)73-49-33-27-21-15-9-3)68-70-86(80)87-71-69-84(78-90(85)87)102(82-57-41-37-42-58-82)96-67-53-65-94-98(96)89-61-45-47-63-92(89)100(94,74-50-34-28-22-16-10-4)75-51-35-29-23-17-11-5/h36-37,39-42,44-47,52-53,55-58,60-71,77-80,85-86H,7-35,38,43,48-51,54,59,72-76H2,1-6H3. The number of para-hydroxylation sites is 2. The summed E-state index contributed by atoms with van der Waals surface area (Å²) in [6, 6.07) is 65.8. The van der Waals surface area contributed by atoms with E-state index in [9.17, 15) is 0 Å². The summed E-state index contributed by atoms with van der Waals surface area (Å²) >= 11 is 0. The van der Waals surface area contributed by atoms with Crippen molar-refractivity contribution in [1.29, 1.82) is 0 Å². The molecule has 0 heterocycles. The summed E-state index contributed by atoms with van der Waals surface area (Å²) in [6.07, 6.45) is 63.2. The Hall–Kier alpha value is -6.38. The maximum atomic E-state index is 2.82. The van der Waals surface area contributed by atoms with Crippen LogP contribution in [-0.4, -0.2) is 0 Å². The first-order chi connectivity index (χ1) is 50.4. The smallest absolute Gasteiger partial charge is 0.0543 e. The van der Waals surface area contributed by atoms with Gasteiger partial charge < -0.3 is 9.80 Å². The van der Waals surface area contributed by atoms with Gasteiger partial charge in [-0.15, -0.1) is 0 Å². The summed E-state index contributed by atoms with van der Waals surface area (Å²) in [5.74, 6) is 1.67. The molecule has 0 N–H and O–H groups in total. The molecule has 0 amide bonds. The topological polar surface area (TPSA) is 6.48 Å². The number of rotatable bonds is 47. The third-order valence-electron chi connectivity index (χ3n) is 25.2. The second kappa shape index (κ2) is 40.2. The molecule has 2 heteroatoms.